The monoisotopic (exact) mass is 391 g/mol. The molecule has 0 saturated carbocycles. The number of anilines is 3. The van der Waals surface area contributed by atoms with E-state index in [-0.39, 0.29) is 11.6 Å². The van der Waals surface area contributed by atoms with Crippen molar-refractivity contribution in [2.45, 2.75) is 0 Å². The van der Waals surface area contributed by atoms with E-state index >= 15 is 0 Å². The number of ether oxygens (including phenoxy) is 2. The van der Waals surface area contributed by atoms with Crippen LogP contribution in [-0.2, 0) is 0 Å². The van der Waals surface area contributed by atoms with Gasteiger partial charge >= 0.3 is 0 Å². The van der Waals surface area contributed by atoms with Crippen molar-refractivity contribution in [3.63, 3.8) is 0 Å². The average Bonchev–Trinajstić information content (AvgIpc) is 2.74. The maximum absolute atomic E-state index is 14.1. The second kappa shape index (κ2) is 7.59. The third-order valence-electron chi connectivity index (χ3n) is 4.37. The van der Waals surface area contributed by atoms with E-state index < -0.39 is 5.82 Å². The number of hydrogen-bond donors (Lipinski definition) is 2. The van der Waals surface area contributed by atoms with Crippen LogP contribution in [0.5, 0.6) is 11.5 Å². The first-order chi connectivity index (χ1) is 14.1. The Hall–Kier alpha value is -3.94. The molecular weight excluding hydrogens is 373 g/mol. The number of pyridine rings is 1. The molecule has 0 aliphatic heterocycles. The highest BCUT2D eigenvalue weighted by atomic mass is 19.1. The van der Waals surface area contributed by atoms with E-state index in [1.807, 2.05) is 18.2 Å². The molecule has 0 atom stereocenters. The molecule has 0 unspecified atom stereocenters. The molecule has 0 aliphatic rings. The number of nitrogens with two attached hydrogens (primary N) is 1. The summed E-state index contributed by atoms with van der Waals surface area (Å²) in [6, 6.07) is 15.4. The van der Waals surface area contributed by atoms with Gasteiger partial charge in [0, 0.05) is 5.56 Å². The van der Waals surface area contributed by atoms with Crippen LogP contribution in [0.25, 0.3) is 22.3 Å². The van der Waals surface area contributed by atoms with E-state index in [4.69, 9.17) is 15.2 Å². The molecule has 0 amide bonds. The minimum atomic E-state index is -0.408. The second-order valence-corrected chi connectivity index (χ2v) is 6.17. The van der Waals surface area contributed by atoms with Crippen molar-refractivity contribution in [3.8, 4) is 22.8 Å². The average molecular weight is 391 g/mol. The van der Waals surface area contributed by atoms with Crippen LogP contribution in [0.1, 0.15) is 0 Å². The van der Waals surface area contributed by atoms with Gasteiger partial charge in [0.2, 0.25) is 5.95 Å². The number of hydrogen-bond acceptors (Lipinski definition) is 7. The Labute approximate surface area is 166 Å². The van der Waals surface area contributed by atoms with E-state index in [1.54, 1.807) is 44.6 Å². The summed E-state index contributed by atoms with van der Waals surface area (Å²) < 4.78 is 24.7. The number of halogens is 1. The predicted molar refractivity (Wildman–Crippen MR) is 110 cm³/mol. The maximum Gasteiger partial charge on any atom is 0.222 e. The van der Waals surface area contributed by atoms with Gasteiger partial charge in [-0.15, -0.1) is 0 Å². The summed E-state index contributed by atoms with van der Waals surface area (Å²) in [6.07, 6.45) is 0. The molecule has 0 saturated heterocycles. The topological polar surface area (TPSA) is 95.2 Å². The Bertz CT molecular complexity index is 1200. The number of nitrogen functional groups attached to an aromatic ring is 1. The molecule has 0 spiro atoms. The summed E-state index contributed by atoms with van der Waals surface area (Å²) in [5.74, 6) is 1.19. The van der Waals surface area contributed by atoms with E-state index in [0.29, 0.717) is 34.0 Å². The normalized spacial score (nSPS) is 10.7. The van der Waals surface area contributed by atoms with Crippen molar-refractivity contribution in [2.24, 2.45) is 0 Å². The summed E-state index contributed by atoms with van der Waals surface area (Å²) in [5, 5.41) is 2.96. The molecule has 146 valence electrons. The van der Waals surface area contributed by atoms with E-state index in [0.717, 1.165) is 5.56 Å². The van der Waals surface area contributed by atoms with Crippen molar-refractivity contribution in [3.05, 3.63) is 60.4 Å². The largest absolute Gasteiger partial charge is 0.493 e. The molecule has 2 heterocycles. The van der Waals surface area contributed by atoms with Crippen molar-refractivity contribution in [1.82, 2.24) is 15.0 Å². The van der Waals surface area contributed by atoms with Crippen LogP contribution in [0.2, 0.25) is 0 Å². The van der Waals surface area contributed by atoms with E-state index in [9.17, 15) is 4.39 Å². The lowest BCUT2D eigenvalue weighted by atomic mass is 10.1. The van der Waals surface area contributed by atoms with Crippen molar-refractivity contribution >= 4 is 28.5 Å². The third-order valence-corrected chi connectivity index (χ3v) is 4.37. The summed E-state index contributed by atoms with van der Waals surface area (Å²) in [6.45, 7) is 0. The van der Waals surface area contributed by atoms with Gasteiger partial charge in [0.1, 0.15) is 11.3 Å². The lowest BCUT2D eigenvalue weighted by Crippen LogP contribution is -2.04. The first-order valence-electron chi connectivity index (χ1n) is 8.77. The van der Waals surface area contributed by atoms with Gasteiger partial charge in [-0.2, -0.15) is 4.98 Å². The number of para-hydroxylation sites is 1. The Balaban J connectivity index is 1.83. The Morgan fingerprint density at radius 1 is 0.897 bits per heavy atom. The molecule has 29 heavy (non-hydrogen) atoms. The first-order valence-corrected chi connectivity index (χ1v) is 8.77. The third kappa shape index (κ3) is 3.60. The number of fused-ring (bicyclic) bond motifs is 1. The highest BCUT2D eigenvalue weighted by Crippen LogP contribution is 2.33. The van der Waals surface area contributed by atoms with Gasteiger partial charge in [0.05, 0.1) is 31.1 Å². The van der Waals surface area contributed by atoms with Crippen molar-refractivity contribution in [2.75, 3.05) is 25.3 Å². The number of benzene rings is 2. The number of rotatable bonds is 5. The van der Waals surface area contributed by atoms with Crippen LogP contribution in [0.4, 0.5) is 21.8 Å². The maximum atomic E-state index is 14.1. The van der Waals surface area contributed by atoms with Gasteiger partial charge in [-0.1, -0.05) is 12.1 Å². The van der Waals surface area contributed by atoms with Crippen molar-refractivity contribution in [1.29, 1.82) is 0 Å². The first kappa shape index (κ1) is 18.4. The van der Waals surface area contributed by atoms with Crippen LogP contribution in [0, 0.1) is 5.82 Å². The fraction of sp³-hybridized carbons (Fsp3) is 0.0952. The van der Waals surface area contributed by atoms with Crippen molar-refractivity contribution < 1.29 is 13.9 Å². The SMILES string of the molecule is COc1ccc(-c2ccc3nc(N)nc(Nc4ccccc4F)c3n2)cc1OC. The van der Waals surface area contributed by atoms with Crippen LogP contribution in [0.15, 0.2) is 54.6 Å². The molecule has 3 N–H and O–H groups in total. The quantitative estimate of drug-likeness (QED) is 0.527. The summed E-state index contributed by atoms with van der Waals surface area (Å²) in [4.78, 5) is 13.1. The molecule has 8 heteroatoms. The fourth-order valence-electron chi connectivity index (χ4n) is 2.97. The number of nitrogens with zero attached hydrogens (tertiary/aromatic N) is 3. The Morgan fingerprint density at radius 3 is 2.45 bits per heavy atom. The summed E-state index contributed by atoms with van der Waals surface area (Å²) in [5.41, 5.74) is 8.59. The highest BCUT2D eigenvalue weighted by Gasteiger charge is 2.13. The zero-order chi connectivity index (χ0) is 20.4. The molecule has 0 radical (unpaired) electrons. The minimum absolute atomic E-state index is 0.0667. The summed E-state index contributed by atoms with van der Waals surface area (Å²) >= 11 is 0. The molecule has 0 bridgehead atoms. The molecule has 0 aliphatic carbocycles. The number of methoxy groups -OCH3 is 2. The highest BCUT2D eigenvalue weighted by molar-refractivity contribution is 5.90. The zero-order valence-electron chi connectivity index (χ0n) is 15.8. The minimum Gasteiger partial charge on any atom is -0.493 e. The predicted octanol–water partition coefficient (Wildman–Crippen LogP) is 4.17. The molecule has 7 nitrogen and oxygen atoms in total. The lowest BCUT2D eigenvalue weighted by molar-refractivity contribution is 0.355. The van der Waals surface area contributed by atoms with Gasteiger partial charge < -0.3 is 20.5 Å². The smallest absolute Gasteiger partial charge is 0.222 e. The van der Waals surface area contributed by atoms with Crippen LogP contribution < -0.4 is 20.5 Å². The molecule has 4 rings (SSSR count). The van der Waals surface area contributed by atoms with Gasteiger partial charge in [-0.05, 0) is 42.5 Å². The second-order valence-electron chi connectivity index (χ2n) is 6.17. The number of aromatic nitrogens is 3. The molecule has 2 aromatic heterocycles. The zero-order valence-corrected chi connectivity index (χ0v) is 15.8. The van der Waals surface area contributed by atoms with Gasteiger partial charge in [-0.3, -0.25) is 0 Å². The van der Waals surface area contributed by atoms with E-state index in [2.05, 4.69) is 20.3 Å². The van der Waals surface area contributed by atoms with Gasteiger partial charge in [-0.25, -0.2) is 14.4 Å². The van der Waals surface area contributed by atoms with Gasteiger partial charge in [0.15, 0.2) is 17.3 Å². The molecule has 0 fully saturated rings. The lowest BCUT2D eigenvalue weighted by Gasteiger charge is -2.12. The Kier molecular flexibility index (Phi) is 4.82. The van der Waals surface area contributed by atoms with Crippen LogP contribution in [0.3, 0.4) is 0 Å². The van der Waals surface area contributed by atoms with Gasteiger partial charge in [0.25, 0.3) is 0 Å². The standard InChI is InChI=1S/C21H18FN5O2/c1-28-17-10-7-12(11-18(17)29-2)14-8-9-16-19(24-14)20(27-21(23)26-16)25-15-6-4-3-5-13(15)22/h3-11H,1-2H3,(H3,23,25,26,27). The number of nitrogens with one attached hydrogen (secondary N) is 1. The fourth-order valence-corrected chi connectivity index (χ4v) is 2.97. The van der Waals surface area contributed by atoms with Crippen LogP contribution >= 0.6 is 0 Å². The van der Waals surface area contributed by atoms with E-state index in [1.165, 1.54) is 6.07 Å². The summed E-state index contributed by atoms with van der Waals surface area (Å²) in [7, 11) is 3.15. The Morgan fingerprint density at radius 2 is 1.69 bits per heavy atom. The molecule has 2 aromatic carbocycles. The van der Waals surface area contributed by atoms with Crippen LogP contribution in [-0.4, -0.2) is 29.2 Å². The molecular formula is C21H18FN5O2. The molecule has 4 aromatic rings.